The van der Waals surface area contributed by atoms with Crippen molar-refractivity contribution >= 4 is 11.6 Å². The van der Waals surface area contributed by atoms with Gasteiger partial charge in [-0.15, -0.1) is 0 Å². The van der Waals surface area contributed by atoms with Crippen molar-refractivity contribution in [3.8, 4) is 5.75 Å². The SMILES string of the molecule is CC(NCc1cc(Cl)ccc1O)c1ncc[nH]1. The molecular weight excluding hydrogens is 238 g/mol. The van der Waals surface area contributed by atoms with Crippen LogP contribution in [0.15, 0.2) is 30.6 Å². The van der Waals surface area contributed by atoms with E-state index in [1.165, 1.54) is 0 Å². The Kier molecular flexibility index (Phi) is 3.66. The van der Waals surface area contributed by atoms with Gasteiger partial charge in [0.2, 0.25) is 0 Å². The zero-order valence-electron chi connectivity index (χ0n) is 9.44. The summed E-state index contributed by atoms with van der Waals surface area (Å²) in [7, 11) is 0. The number of imidazole rings is 1. The Labute approximate surface area is 105 Å². The van der Waals surface area contributed by atoms with Gasteiger partial charge in [0.15, 0.2) is 0 Å². The molecule has 17 heavy (non-hydrogen) atoms. The maximum Gasteiger partial charge on any atom is 0.122 e. The van der Waals surface area contributed by atoms with Gasteiger partial charge in [-0.3, -0.25) is 0 Å². The van der Waals surface area contributed by atoms with Crippen molar-refractivity contribution in [2.45, 2.75) is 19.5 Å². The number of phenolic OH excluding ortho intramolecular Hbond substituents is 1. The molecule has 1 heterocycles. The molecule has 0 spiro atoms. The fourth-order valence-electron chi connectivity index (χ4n) is 1.57. The number of benzene rings is 1. The second-order valence-corrected chi connectivity index (χ2v) is 4.29. The third kappa shape index (κ3) is 2.99. The van der Waals surface area contributed by atoms with Crippen LogP contribution >= 0.6 is 11.6 Å². The van der Waals surface area contributed by atoms with Crippen LogP contribution in [0.1, 0.15) is 24.4 Å². The second-order valence-electron chi connectivity index (χ2n) is 3.85. The molecule has 1 aromatic carbocycles. The van der Waals surface area contributed by atoms with Crippen LogP contribution < -0.4 is 5.32 Å². The van der Waals surface area contributed by atoms with E-state index in [1.54, 1.807) is 30.6 Å². The van der Waals surface area contributed by atoms with E-state index in [0.29, 0.717) is 11.6 Å². The standard InChI is InChI=1S/C12H14ClN3O/c1-8(12-14-4-5-15-12)16-7-9-6-10(13)2-3-11(9)17/h2-6,8,16-17H,7H2,1H3,(H,14,15). The average Bonchev–Trinajstić information content (AvgIpc) is 2.83. The number of rotatable bonds is 4. The van der Waals surface area contributed by atoms with Gasteiger partial charge in [0.25, 0.3) is 0 Å². The largest absolute Gasteiger partial charge is 0.508 e. The third-order valence-corrected chi connectivity index (χ3v) is 2.80. The quantitative estimate of drug-likeness (QED) is 0.783. The van der Waals surface area contributed by atoms with Gasteiger partial charge in [-0.1, -0.05) is 11.6 Å². The van der Waals surface area contributed by atoms with E-state index in [2.05, 4.69) is 15.3 Å². The minimum Gasteiger partial charge on any atom is -0.508 e. The number of halogens is 1. The minimum absolute atomic E-state index is 0.0865. The molecule has 0 saturated carbocycles. The number of hydrogen-bond acceptors (Lipinski definition) is 3. The highest BCUT2D eigenvalue weighted by Crippen LogP contribution is 2.21. The van der Waals surface area contributed by atoms with Crippen LogP contribution in [0.25, 0.3) is 0 Å². The van der Waals surface area contributed by atoms with Crippen molar-refractivity contribution in [2.75, 3.05) is 0 Å². The minimum atomic E-state index is 0.0865. The lowest BCUT2D eigenvalue weighted by Crippen LogP contribution is -2.19. The highest BCUT2D eigenvalue weighted by atomic mass is 35.5. The molecule has 3 N–H and O–H groups in total. The summed E-state index contributed by atoms with van der Waals surface area (Å²) < 4.78 is 0. The molecule has 1 atom stereocenters. The van der Waals surface area contributed by atoms with Crippen LogP contribution in [0.3, 0.4) is 0 Å². The number of nitrogens with one attached hydrogen (secondary N) is 2. The van der Waals surface area contributed by atoms with Crippen LogP contribution in [-0.4, -0.2) is 15.1 Å². The average molecular weight is 252 g/mol. The number of nitrogens with zero attached hydrogens (tertiary/aromatic N) is 1. The van der Waals surface area contributed by atoms with E-state index in [0.717, 1.165) is 11.4 Å². The van der Waals surface area contributed by atoms with Crippen LogP contribution in [0.4, 0.5) is 0 Å². The number of H-pyrrole nitrogens is 1. The highest BCUT2D eigenvalue weighted by molar-refractivity contribution is 6.30. The van der Waals surface area contributed by atoms with E-state index in [-0.39, 0.29) is 11.8 Å². The summed E-state index contributed by atoms with van der Waals surface area (Å²) in [6.45, 7) is 2.54. The topological polar surface area (TPSA) is 60.9 Å². The third-order valence-electron chi connectivity index (χ3n) is 2.57. The van der Waals surface area contributed by atoms with Gasteiger partial charge in [0.05, 0.1) is 6.04 Å². The first kappa shape index (κ1) is 12.0. The fourth-order valence-corrected chi connectivity index (χ4v) is 1.76. The van der Waals surface area contributed by atoms with Crippen molar-refractivity contribution in [1.29, 1.82) is 0 Å². The fraction of sp³-hybridized carbons (Fsp3) is 0.250. The Morgan fingerprint density at radius 2 is 2.35 bits per heavy atom. The van der Waals surface area contributed by atoms with Crippen molar-refractivity contribution in [3.63, 3.8) is 0 Å². The van der Waals surface area contributed by atoms with E-state index < -0.39 is 0 Å². The molecule has 2 aromatic rings. The molecule has 0 fully saturated rings. The molecule has 0 saturated heterocycles. The monoisotopic (exact) mass is 251 g/mol. The zero-order valence-corrected chi connectivity index (χ0v) is 10.2. The lowest BCUT2D eigenvalue weighted by molar-refractivity contribution is 0.459. The molecule has 2 rings (SSSR count). The lowest BCUT2D eigenvalue weighted by Gasteiger charge is -2.12. The van der Waals surface area contributed by atoms with Crippen LogP contribution in [0.2, 0.25) is 5.02 Å². The molecular formula is C12H14ClN3O. The van der Waals surface area contributed by atoms with Gasteiger partial charge in [-0.25, -0.2) is 4.98 Å². The Morgan fingerprint density at radius 1 is 1.53 bits per heavy atom. The Bertz CT molecular complexity index is 485. The molecule has 0 aliphatic rings. The number of aromatic nitrogens is 2. The first-order valence-electron chi connectivity index (χ1n) is 5.37. The molecule has 0 bridgehead atoms. The summed E-state index contributed by atoms with van der Waals surface area (Å²) in [5.74, 6) is 1.11. The maximum atomic E-state index is 9.66. The summed E-state index contributed by atoms with van der Waals surface area (Å²) in [5, 5.41) is 13.5. The predicted molar refractivity (Wildman–Crippen MR) is 67.0 cm³/mol. The number of phenols is 1. The van der Waals surface area contributed by atoms with E-state index in [9.17, 15) is 5.11 Å². The number of aromatic amines is 1. The Hall–Kier alpha value is -1.52. The molecule has 90 valence electrons. The molecule has 1 unspecified atom stereocenters. The van der Waals surface area contributed by atoms with Gasteiger partial charge >= 0.3 is 0 Å². The van der Waals surface area contributed by atoms with Crippen LogP contribution in [0.5, 0.6) is 5.75 Å². The molecule has 0 radical (unpaired) electrons. The summed E-state index contributed by atoms with van der Waals surface area (Å²) in [6.07, 6.45) is 3.49. The van der Waals surface area contributed by atoms with E-state index in [1.807, 2.05) is 6.92 Å². The van der Waals surface area contributed by atoms with E-state index >= 15 is 0 Å². The summed E-state index contributed by atoms with van der Waals surface area (Å²) in [4.78, 5) is 7.20. The summed E-state index contributed by atoms with van der Waals surface area (Å²) in [6, 6.07) is 5.09. The van der Waals surface area contributed by atoms with Crippen molar-refractivity contribution in [2.24, 2.45) is 0 Å². The zero-order chi connectivity index (χ0) is 12.3. The molecule has 5 heteroatoms. The maximum absolute atomic E-state index is 9.66. The first-order valence-corrected chi connectivity index (χ1v) is 5.74. The van der Waals surface area contributed by atoms with Crippen LogP contribution in [-0.2, 0) is 6.54 Å². The second kappa shape index (κ2) is 5.21. The summed E-state index contributed by atoms with van der Waals surface area (Å²) in [5.41, 5.74) is 0.774. The predicted octanol–water partition coefficient (Wildman–Crippen LogP) is 2.62. The number of aromatic hydroxyl groups is 1. The molecule has 0 amide bonds. The lowest BCUT2D eigenvalue weighted by atomic mass is 10.2. The van der Waals surface area contributed by atoms with Crippen molar-refractivity contribution in [3.05, 3.63) is 47.0 Å². The Balaban J connectivity index is 2.00. The normalized spacial score (nSPS) is 12.6. The van der Waals surface area contributed by atoms with Gasteiger partial charge in [-0.05, 0) is 25.1 Å². The first-order chi connectivity index (χ1) is 8.16. The molecule has 1 aromatic heterocycles. The molecule has 0 aliphatic carbocycles. The smallest absolute Gasteiger partial charge is 0.122 e. The van der Waals surface area contributed by atoms with Crippen molar-refractivity contribution in [1.82, 2.24) is 15.3 Å². The Morgan fingerprint density at radius 3 is 3.06 bits per heavy atom. The highest BCUT2D eigenvalue weighted by Gasteiger charge is 2.08. The van der Waals surface area contributed by atoms with Crippen molar-refractivity contribution < 1.29 is 5.11 Å². The molecule has 0 aliphatic heterocycles. The van der Waals surface area contributed by atoms with Crippen LogP contribution in [0, 0.1) is 0 Å². The van der Waals surface area contributed by atoms with E-state index in [4.69, 9.17) is 11.6 Å². The van der Waals surface area contributed by atoms with Gasteiger partial charge in [0.1, 0.15) is 11.6 Å². The number of hydrogen-bond donors (Lipinski definition) is 3. The summed E-state index contributed by atoms with van der Waals surface area (Å²) >= 11 is 5.87. The molecule has 4 nitrogen and oxygen atoms in total. The van der Waals surface area contributed by atoms with Gasteiger partial charge in [-0.2, -0.15) is 0 Å². The van der Waals surface area contributed by atoms with Gasteiger partial charge in [0, 0.05) is 29.5 Å². The van der Waals surface area contributed by atoms with Gasteiger partial charge < -0.3 is 15.4 Å².